The van der Waals surface area contributed by atoms with Crippen molar-refractivity contribution in [2.45, 2.75) is 0 Å². The SMILES string of the molecule is CN(C)CCNc1cc(Cl)ccc1-c1ccccc1. The molecule has 0 aliphatic heterocycles. The molecule has 0 aliphatic rings. The lowest BCUT2D eigenvalue weighted by Crippen LogP contribution is -2.20. The minimum Gasteiger partial charge on any atom is -0.383 e. The second-order valence-electron chi connectivity index (χ2n) is 4.79. The Hall–Kier alpha value is -1.51. The molecule has 0 heterocycles. The summed E-state index contributed by atoms with van der Waals surface area (Å²) in [5, 5.41) is 4.21. The Kier molecular flexibility index (Phi) is 4.83. The third kappa shape index (κ3) is 3.98. The van der Waals surface area contributed by atoms with Crippen molar-refractivity contribution >= 4 is 17.3 Å². The topological polar surface area (TPSA) is 15.3 Å². The fraction of sp³-hybridized carbons (Fsp3) is 0.250. The molecule has 100 valence electrons. The van der Waals surface area contributed by atoms with Crippen molar-refractivity contribution in [3.8, 4) is 11.1 Å². The summed E-state index contributed by atoms with van der Waals surface area (Å²) in [6, 6.07) is 16.3. The Morgan fingerprint density at radius 1 is 1.05 bits per heavy atom. The highest BCUT2D eigenvalue weighted by Gasteiger charge is 2.05. The molecular weight excluding hydrogens is 256 g/mol. The largest absolute Gasteiger partial charge is 0.383 e. The van der Waals surface area contributed by atoms with Gasteiger partial charge in [-0.15, -0.1) is 0 Å². The second kappa shape index (κ2) is 6.60. The van der Waals surface area contributed by atoms with Gasteiger partial charge in [-0.25, -0.2) is 0 Å². The van der Waals surface area contributed by atoms with Crippen molar-refractivity contribution < 1.29 is 0 Å². The molecule has 3 heteroatoms. The van der Waals surface area contributed by atoms with Crippen LogP contribution in [0.25, 0.3) is 11.1 Å². The quantitative estimate of drug-likeness (QED) is 0.887. The number of rotatable bonds is 5. The monoisotopic (exact) mass is 274 g/mol. The molecule has 2 aromatic carbocycles. The Morgan fingerprint density at radius 2 is 1.79 bits per heavy atom. The van der Waals surface area contributed by atoms with Gasteiger partial charge in [0.25, 0.3) is 0 Å². The van der Waals surface area contributed by atoms with Crippen LogP contribution in [0.15, 0.2) is 48.5 Å². The summed E-state index contributed by atoms with van der Waals surface area (Å²) < 4.78 is 0. The van der Waals surface area contributed by atoms with Crippen molar-refractivity contribution in [1.29, 1.82) is 0 Å². The molecule has 0 saturated heterocycles. The molecule has 0 amide bonds. The molecule has 0 unspecified atom stereocenters. The normalized spacial score (nSPS) is 10.7. The minimum absolute atomic E-state index is 0.757. The lowest BCUT2D eigenvalue weighted by molar-refractivity contribution is 0.425. The van der Waals surface area contributed by atoms with E-state index in [1.165, 1.54) is 11.1 Å². The Morgan fingerprint density at radius 3 is 2.47 bits per heavy atom. The minimum atomic E-state index is 0.757. The molecule has 2 aromatic rings. The predicted octanol–water partition coefficient (Wildman–Crippen LogP) is 3.98. The summed E-state index contributed by atoms with van der Waals surface area (Å²) in [4.78, 5) is 2.15. The maximum absolute atomic E-state index is 6.10. The van der Waals surface area contributed by atoms with E-state index in [-0.39, 0.29) is 0 Å². The smallest absolute Gasteiger partial charge is 0.0435 e. The number of nitrogens with zero attached hydrogens (tertiary/aromatic N) is 1. The first-order valence-electron chi connectivity index (χ1n) is 6.40. The molecule has 0 fully saturated rings. The van der Waals surface area contributed by atoms with Gasteiger partial charge >= 0.3 is 0 Å². The maximum Gasteiger partial charge on any atom is 0.0435 e. The molecule has 1 N–H and O–H groups in total. The van der Waals surface area contributed by atoms with E-state index < -0.39 is 0 Å². The molecule has 0 saturated carbocycles. The predicted molar refractivity (Wildman–Crippen MR) is 83.9 cm³/mol. The molecule has 19 heavy (non-hydrogen) atoms. The van der Waals surface area contributed by atoms with Crippen LogP contribution in [0.4, 0.5) is 5.69 Å². The van der Waals surface area contributed by atoms with Crippen molar-refractivity contribution in [2.75, 3.05) is 32.5 Å². The van der Waals surface area contributed by atoms with Crippen molar-refractivity contribution in [1.82, 2.24) is 4.90 Å². The molecule has 0 bridgehead atoms. The van der Waals surface area contributed by atoms with Gasteiger partial charge in [-0.05, 0) is 31.8 Å². The third-order valence-electron chi connectivity index (χ3n) is 2.94. The Labute approximate surface area is 120 Å². The van der Waals surface area contributed by atoms with Gasteiger partial charge < -0.3 is 10.2 Å². The lowest BCUT2D eigenvalue weighted by Gasteiger charge is -2.15. The highest BCUT2D eigenvalue weighted by atomic mass is 35.5. The standard InChI is InChI=1S/C16H19ClN2/c1-19(2)11-10-18-16-12-14(17)8-9-15(16)13-6-4-3-5-7-13/h3-9,12,18H,10-11H2,1-2H3. The molecule has 0 spiro atoms. The second-order valence-corrected chi connectivity index (χ2v) is 5.22. The van der Waals surface area contributed by atoms with Crippen LogP contribution in [0.1, 0.15) is 0 Å². The van der Waals surface area contributed by atoms with E-state index in [2.05, 4.69) is 42.5 Å². The highest BCUT2D eigenvalue weighted by Crippen LogP contribution is 2.30. The van der Waals surface area contributed by atoms with Crippen LogP contribution in [0.5, 0.6) is 0 Å². The molecule has 2 rings (SSSR count). The van der Waals surface area contributed by atoms with E-state index in [0.717, 1.165) is 23.8 Å². The van der Waals surface area contributed by atoms with E-state index in [0.29, 0.717) is 0 Å². The van der Waals surface area contributed by atoms with Crippen LogP contribution in [0.2, 0.25) is 5.02 Å². The maximum atomic E-state index is 6.10. The Bertz CT molecular complexity index is 524. The van der Waals surface area contributed by atoms with Crippen LogP contribution in [-0.4, -0.2) is 32.1 Å². The summed E-state index contributed by atoms with van der Waals surface area (Å²) >= 11 is 6.10. The van der Waals surface area contributed by atoms with E-state index in [1.807, 2.05) is 30.3 Å². The fourth-order valence-electron chi connectivity index (χ4n) is 1.95. The molecule has 0 aliphatic carbocycles. The fourth-order valence-corrected chi connectivity index (χ4v) is 2.12. The molecule has 2 nitrogen and oxygen atoms in total. The lowest BCUT2D eigenvalue weighted by atomic mass is 10.0. The average molecular weight is 275 g/mol. The summed E-state index contributed by atoms with van der Waals surface area (Å²) in [5.41, 5.74) is 3.47. The van der Waals surface area contributed by atoms with Crippen LogP contribution in [0, 0.1) is 0 Å². The van der Waals surface area contributed by atoms with Gasteiger partial charge in [0, 0.05) is 29.4 Å². The van der Waals surface area contributed by atoms with E-state index in [4.69, 9.17) is 11.6 Å². The summed E-state index contributed by atoms with van der Waals surface area (Å²) in [6.45, 7) is 1.88. The van der Waals surface area contributed by atoms with Crippen molar-refractivity contribution in [3.05, 3.63) is 53.6 Å². The number of halogens is 1. The molecule has 0 radical (unpaired) electrons. The van der Waals surface area contributed by atoms with Gasteiger partial charge in [0.15, 0.2) is 0 Å². The first kappa shape index (κ1) is 13.9. The van der Waals surface area contributed by atoms with Gasteiger partial charge in [0.1, 0.15) is 0 Å². The van der Waals surface area contributed by atoms with Crippen molar-refractivity contribution in [3.63, 3.8) is 0 Å². The Balaban J connectivity index is 2.23. The van der Waals surface area contributed by atoms with Gasteiger partial charge in [0.05, 0.1) is 0 Å². The van der Waals surface area contributed by atoms with Crippen molar-refractivity contribution in [2.24, 2.45) is 0 Å². The third-order valence-corrected chi connectivity index (χ3v) is 3.18. The van der Waals surface area contributed by atoms with Crippen LogP contribution >= 0.6 is 11.6 Å². The van der Waals surface area contributed by atoms with Crippen LogP contribution in [0.3, 0.4) is 0 Å². The van der Waals surface area contributed by atoms with Crippen LogP contribution in [-0.2, 0) is 0 Å². The summed E-state index contributed by atoms with van der Waals surface area (Å²) in [5.74, 6) is 0. The van der Waals surface area contributed by atoms with Gasteiger partial charge in [0.2, 0.25) is 0 Å². The zero-order valence-corrected chi connectivity index (χ0v) is 12.1. The first-order valence-corrected chi connectivity index (χ1v) is 6.78. The number of hydrogen-bond acceptors (Lipinski definition) is 2. The molecular formula is C16H19ClN2. The average Bonchev–Trinajstić information content (AvgIpc) is 2.39. The van der Waals surface area contributed by atoms with Crippen LogP contribution < -0.4 is 5.32 Å². The number of nitrogens with one attached hydrogen (secondary N) is 1. The summed E-state index contributed by atoms with van der Waals surface area (Å²) in [7, 11) is 4.13. The zero-order chi connectivity index (χ0) is 13.7. The number of likely N-dealkylation sites (N-methyl/N-ethyl adjacent to an activating group) is 1. The highest BCUT2D eigenvalue weighted by molar-refractivity contribution is 6.31. The first-order chi connectivity index (χ1) is 9.16. The molecule has 0 atom stereocenters. The van der Waals surface area contributed by atoms with Gasteiger partial charge in [-0.2, -0.15) is 0 Å². The zero-order valence-electron chi connectivity index (χ0n) is 11.4. The number of hydrogen-bond donors (Lipinski definition) is 1. The number of anilines is 1. The van der Waals surface area contributed by atoms with Gasteiger partial charge in [-0.3, -0.25) is 0 Å². The molecule has 0 aromatic heterocycles. The summed E-state index contributed by atoms with van der Waals surface area (Å²) in [6.07, 6.45) is 0. The van der Waals surface area contributed by atoms with E-state index >= 15 is 0 Å². The van der Waals surface area contributed by atoms with Gasteiger partial charge in [-0.1, -0.05) is 48.0 Å². The van der Waals surface area contributed by atoms with E-state index in [1.54, 1.807) is 0 Å². The number of benzene rings is 2. The van der Waals surface area contributed by atoms with E-state index in [9.17, 15) is 0 Å².